The first-order valence-corrected chi connectivity index (χ1v) is 14.6. The third-order valence-corrected chi connectivity index (χ3v) is 8.11. The quantitative estimate of drug-likeness (QED) is 0.270. The number of aryl methyl sites for hydroxylation is 1. The van der Waals surface area contributed by atoms with E-state index in [2.05, 4.69) is 4.98 Å². The molecule has 2 aliphatic rings. The molecule has 0 unspecified atom stereocenters. The fourth-order valence-corrected chi connectivity index (χ4v) is 5.69. The number of benzene rings is 2. The molecule has 1 N–H and O–H groups in total. The maximum atomic E-state index is 15.1. The van der Waals surface area contributed by atoms with Crippen molar-refractivity contribution in [1.29, 1.82) is 0 Å². The van der Waals surface area contributed by atoms with Crippen molar-refractivity contribution in [3.8, 4) is 22.8 Å². The van der Waals surface area contributed by atoms with Crippen LogP contribution in [0.2, 0.25) is 0 Å². The normalized spacial score (nSPS) is 17.1. The highest BCUT2D eigenvalue weighted by Gasteiger charge is 2.33. The summed E-state index contributed by atoms with van der Waals surface area (Å²) in [7, 11) is 0. The van der Waals surface area contributed by atoms with Gasteiger partial charge in [0.05, 0.1) is 18.2 Å². The number of ether oxygens (including phenoxy) is 2. The van der Waals surface area contributed by atoms with Crippen LogP contribution < -0.4 is 14.4 Å². The lowest BCUT2D eigenvalue weighted by atomic mass is 9.97. The molecule has 0 radical (unpaired) electrons. The van der Waals surface area contributed by atoms with Crippen molar-refractivity contribution >= 4 is 11.8 Å². The molecule has 1 aromatic heterocycles. The van der Waals surface area contributed by atoms with Crippen molar-refractivity contribution in [3.63, 3.8) is 0 Å². The van der Waals surface area contributed by atoms with E-state index in [0.29, 0.717) is 69.1 Å². The summed E-state index contributed by atoms with van der Waals surface area (Å²) in [5, 5.41) is 9.28. The topological polar surface area (TPSA) is 75.1 Å². The molecule has 12 heteroatoms. The molecule has 0 atom stereocenters. The van der Waals surface area contributed by atoms with Crippen LogP contribution in [0.15, 0.2) is 48.5 Å². The van der Waals surface area contributed by atoms with E-state index in [0.717, 1.165) is 17.2 Å². The Labute approximate surface area is 252 Å². The summed E-state index contributed by atoms with van der Waals surface area (Å²) in [4.78, 5) is 19.3. The van der Waals surface area contributed by atoms with Gasteiger partial charge in [-0.05, 0) is 74.1 Å². The summed E-state index contributed by atoms with van der Waals surface area (Å²) in [5.74, 6) is -1.84. The Morgan fingerprint density at radius 1 is 1.00 bits per heavy atom. The molecule has 3 aromatic rings. The zero-order valence-electron chi connectivity index (χ0n) is 24.2. The van der Waals surface area contributed by atoms with Gasteiger partial charge in [-0.3, -0.25) is 9.69 Å². The number of aromatic nitrogens is 1. The van der Waals surface area contributed by atoms with Crippen LogP contribution >= 0.6 is 0 Å². The summed E-state index contributed by atoms with van der Waals surface area (Å²) in [6.45, 7) is 2.54. The van der Waals surface area contributed by atoms with Gasteiger partial charge >= 0.3 is 12.1 Å². The SMILES string of the molecule is Cc1cc(OC2CCN(CC(F)(F)F)CC2)ccc1COc1c(F)cc(F)cc1-c1cccc(N2CCC(C(=O)O)CC2)n1. The van der Waals surface area contributed by atoms with Crippen molar-refractivity contribution in [2.24, 2.45) is 5.92 Å². The number of aliphatic carboxylic acids is 1. The number of rotatable bonds is 9. The molecule has 44 heavy (non-hydrogen) atoms. The van der Waals surface area contributed by atoms with Gasteiger partial charge in [0.1, 0.15) is 30.1 Å². The van der Waals surface area contributed by atoms with Crippen LogP contribution in [0.25, 0.3) is 11.3 Å². The number of anilines is 1. The number of carboxylic acid groups (broad SMARTS) is 1. The van der Waals surface area contributed by atoms with Crippen LogP contribution in [0.1, 0.15) is 36.8 Å². The van der Waals surface area contributed by atoms with Crippen molar-refractivity contribution in [1.82, 2.24) is 9.88 Å². The summed E-state index contributed by atoms with van der Waals surface area (Å²) in [6.07, 6.45) is -2.47. The van der Waals surface area contributed by atoms with E-state index in [9.17, 15) is 27.5 Å². The lowest BCUT2D eigenvalue weighted by molar-refractivity contribution is -0.149. The maximum absolute atomic E-state index is 15.1. The average Bonchev–Trinajstić information content (AvgIpc) is 2.97. The molecule has 0 bridgehead atoms. The molecular weight excluding hydrogens is 585 g/mol. The summed E-state index contributed by atoms with van der Waals surface area (Å²) >= 11 is 0. The Bertz CT molecular complexity index is 1470. The van der Waals surface area contributed by atoms with E-state index >= 15 is 4.39 Å². The molecule has 7 nitrogen and oxygen atoms in total. The summed E-state index contributed by atoms with van der Waals surface area (Å²) < 4.78 is 79.4. The van der Waals surface area contributed by atoms with E-state index < -0.39 is 36.2 Å². The number of likely N-dealkylation sites (tertiary alicyclic amines) is 1. The Kier molecular flexibility index (Phi) is 9.57. The van der Waals surface area contributed by atoms with Gasteiger partial charge < -0.3 is 19.5 Å². The van der Waals surface area contributed by atoms with Gasteiger partial charge in [0.25, 0.3) is 0 Å². The van der Waals surface area contributed by atoms with E-state index in [1.807, 2.05) is 11.8 Å². The van der Waals surface area contributed by atoms with Gasteiger partial charge in [0.2, 0.25) is 0 Å². The fraction of sp³-hybridized carbons (Fsp3) is 0.438. The first-order valence-electron chi connectivity index (χ1n) is 14.6. The number of alkyl halides is 3. The Hall–Kier alpha value is -3.93. The Balaban J connectivity index is 1.25. The second-order valence-corrected chi connectivity index (χ2v) is 11.3. The van der Waals surface area contributed by atoms with Crippen LogP contribution in [-0.4, -0.2) is 66.0 Å². The number of nitrogens with zero attached hydrogens (tertiary/aromatic N) is 3. The maximum Gasteiger partial charge on any atom is 0.401 e. The summed E-state index contributed by atoms with van der Waals surface area (Å²) in [6, 6.07) is 12.4. The van der Waals surface area contributed by atoms with Gasteiger partial charge in [-0.1, -0.05) is 12.1 Å². The molecule has 5 rings (SSSR count). The van der Waals surface area contributed by atoms with E-state index in [1.165, 1.54) is 11.0 Å². The minimum Gasteiger partial charge on any atom is -0.490 e. The second kappa shape index (κ2) is 13.4. The number of hydrogen-bond acceptors (Lipinski definition) is 6. The molecule has 0 aliphatic carbocycles. The third-order valence-electron chi connectivity index (χ3n) is 8.11. The van der Waals surface area contributed by atoms with Crippen LogP contribution in [0, 0.1) is 24.5 Å². The molecule has 2 saturated heterocycles. The number of carbonyl (C=O) groups is 1. The molecule has 2 fully saturated rings. The molecule has 236 valence electrons. The highest BCUT2D eigenvalue weighted by molar-refractivity contribution is 5.71. The number of pyridine rings is 1. The second-order valence-electron chi connectivity index (χ2n) is 11.3. The van der Waals surface area contributed by atoms with E-state index in [1.54, 1.807) is 36.4 Å². The van der Waals surface area contributed by atoms with Crippen molar-refractivity contribution in [3.05, 3.63) is 71.3 Å². The average molecular weight is 620 g/mol. The van der Waals surface area contributed by atoms with Gasteiger partial charge in [0.15, 0.2) is 11.6 Å². The fourth-order valence-electron chi connectivity index (χ4n) is 5.69. The standard InChI is InChI=1S/C32H34F5N3O4/c1-20-15-25(44-24-9-11-39(12-10-24)19-32(35,36)37)6-5-22(20)18-43-30-26(16-23(33)17-27(30)34)28-3-2-4-29(38-28)40-13-7-21(8-14-40)31(41)42/h2-6,15-17,21,24H,7-14,18-19H2,1H3,(H,41,42). The minimum atomic E-state index is -4.22. The van der Waals surface area contributed by atoms with Gasteiger partial charge in [-0.2, -0.15) is 13.2 Å². The number of halogens is 5. The third kappa shape index (κ3) is 7.96. The largest absolute Gasteiger partial charge is 0.490 e. The van der Waals surface area contributed by atoms with Crippen LogP contribution in [0.3, 0.4) is 0 Å². The van der Waals surface area contributed by atoms with Gasteiger partial charge in [-0.15, -0.1) is 0 Å². The first kappa shape index (κ1) is 31.5. The van der Waals surface area contributed by atoms with Gasteiger partial charge in [0, 0.05) is 37.8 Å². The summed E-state index contributed by atoms with van der Waals surface area (Å²) in [5.41, 5.74) is 2.03. The smallest absolute Gasteiger partial charge is 0.401 e. The first-order chi connectivity index (χ1) is 20.9. The highest BCUT2D eigenvalue weighted by Crippen LogP contribution is 2.35. The molecule has 2 aliphatic heterocycles. The predicted octanol–water partition coefficient (Wildman–Crippen LogP) is 6.62. The molecule has 3 heterocycles. The van der Waals surface area contributed by atoms with Crippen LogP contribution in [-0.2, 0) is 11.4 Å². The van der Waals surface area contributed by atoms with Crippen molar-refractivity contribution < 1.29 is 41.3 Å². The number of hydrogen-bond donors (Lipinski definition) is 1. The zero-order valence-corrected chi connectivity index (χ0v) is 24.2. The zero-order chi connectivity index (χ0) is 31.4. The van der Waals surface area contributed by atoms with E-state index in [-0.39, 0.29) is 24.0 Å². The Morgan fingerprint density at radius 2 is 1.73 bits per heavy atom. The highest BCUT2D eigenvalue weighted by atomic mass is 19.4. The molecule has 0 amide bonds. The van der Waals surface area contributed by atoms with Crippen molar-refractivity contribution in [2.75, 3.05) is 37.6 Å². The number of carboxylic acids is 1. The lowest BCUT2D eigenvalue weighted by Crippen LogP contribution is -2.42. The molecule has 2 aromatic carbocycles. The van der Waals surface area contributed by atoms with E-state index in [4.69, 9.17) is 9.47 Å². The molecule has 0 spiro atoms. The van der Waals surface area contributed by atoms with Crippen molar-refractivity contribution in [2.45, 2.75) is 51.5 Å². The van der Waals surface area contributed by atoms with Crippen LogP contribution in [0.5, 0.6) is 11.5 Å². The lowest BCUT2D eigenvalue weighted by Gasteiger charge is -2.32. The molecule has 0 saturated carbocycles. The molecular formula is C32H34F5N3O4. The van der Waals surface area contributed by atoms with Gasteiger partial charge in [-0.25, -0.2) is 13.8 Å². The Morgan fingerprint density at radius 3 is 2.39 bits per heavy atom. The van der Waals surface area contributed by atoms with Crippen LogP contribution in [0.4, 0.5) is 27.8 Å². The predicted molar refractivity (Wildman–Crippen MR) is 154 cm³/mol. The number of piperidine rings is 2. The minimum absolute atomic E-state index is 0.0140. The monoisotopic (exact) mass is 619 g/mol.